The van der Waals surface area contributed by atoms with Gasteiger partial charge in [-0.15, -0.1) is 0 Å². The monoisotopic (exact) mass is 1070 g/mol. The highest BCUT2D eigenvalue weighted by molar-refractivity contribution is 4.99. The molecule has 424 valence electrons. The van der Waals surface area contributed by atoms with Crippen LogP contribution < -0.4 is 0 Å². The van der Waals surface area contributed by atoms with Gasteiger partial charge in [-0.1, -0.05) is 0 Å². The second-order valence-electron chi connectivity index (χ2n) is 18.6. The maximum Gasteiger partial charge on any atom is 0.187 e. The van der Waals surface area contributed by atoms with Crippen molar-refractivity contribution in [3.05, 3.63) is 0 Å². The third kappa shape index (κ3) is 12.0. The van der Waals surface area contributed by atoms with Crippen LogP contribution in [0.1, 0.15) is 0 Å². The first-order chi connectivity index (χ1) is 34.8. The summed E-state index contributed by atoms with van der Waals surface area (Å²) in [5, 5.41) is 190. The average molecular weight is 1070 g/mol. The molecule has 0 aliphatic carbocycles. The molecule has 8 rings (SSSR count). The largest absolute Gasteiger partial charge is 0.394 e. The van der Waals surface area contributed by atoms with Crippen LogP contribution in [0.5, 0.6) is 0 Å². The van der Waals surface area contributed by atoms with E-state index < -0.39 is 250 Å². The van der Waals surface area contributed by atoms with Gasteiger partial charge in [0.15, 0.2) is 50.3 Å². The fourth-order valence-electron chi connectivity index (χ4n) is 9.42. The van der Waals surface area contributed by atoms with E-state index in [1.54, 1.807) is 0 Å². The summed E-state index contributed by atoms with van der Waals surface area (Å²) in [7, 11) is 0. The Kier molecular flexibility index (Phi) is 19.6. The van der Waals surface area contributed by atoms with Gasteiger partial charge in [-0.25, -0.2) is 0 Å². The summed E-state index contributed by atoms with van der Waals surface area (Å²) in [6, 6.07) is 0. The number of aliphatic hydroxyl groups is 18. The zero-order valence-corrected chi connectivity index (χ0v) is 38.3. The van der Waals surface area contributed by atoms with E-state index in [1.807, 2.05) is 0 Å². The molecule has 8 saturated heterocycles. The predicted octanol–water partition coefficient (Wildman–Crippen LogP) is -13.3. The lowest BCUT2D eigenvalue weighted by molar-refractivity contribution is -0.395. The van der Waals surface area contributed by atoms with Crippen molar-refractivity contribution in [2.24, 2.45) is 0 Å². The Morgan fingerprint density at radius 2 is 0.589 bits per heavy atom. The molecule has 0 amide bonds. The first kappa shape index (κ1) is 57.8. The van der Waals surface area contributed by atoms with Gasteiger partial charge >= 0.3 is 0 Å². The molecule has 0 aromatic carbocycles. The van der Waals surface area contributed by atoms with Gasteiger partial charge in [-0.3, -0.25) is 0 Å². The van der Waals surface area contributed by atoms with Gasteiger partial charge in [0.25, 0.3) is 0 Å². The van der Waals surface area contributed by atoms with Crippen LogP contribution in [0, 0.1) is 0 Å². The summed E-state index contributed by atoms with van der Waals surface area (Å²) in [5.74, 6) is 0. The number of aliphatic hydroxyl groups excluding tert-OH is 18. The van der Waals surface area contributed by atoms with Gasteiger partial charge in [-0.05, 0) is 0 Å². The molecule has 0 aromatic rings. The van der Waals surface area contributed by atoms with E-state index in [1.165, 1.54) is 0 Å². The molecule has 8 aliphatic rings. The van der Waals surface area contributed by atoms with E-state index in [0.29, 0.717) is 0 Å². The Balaban J connectivity index is 1.17. The van der Waals surface area contributed by atoms with Gasteiger partial charge in [0.2, 0.25) is 0 Å². The highest BCUT2D eigenvalue weighted by atomic mass is 16.8. The lowest BCUT2D eigenvalue weighted by atomic mass is 10.0. The van der Waals surface area contributed by atoms with Crippen LogP contribution >= 0.6 is 0 Å². The highest BCUT2D eigenvalue weighted by Crippen LogP contribution is 2.39. The minimum Gasteiger partial charge on any atom is -0.394 e. The van der Waals surface area contributed by atoms with E-state index in [2.05, 4.69) is 0 Å². The van der Waals surface area contributed by atoms with E-state index in [-0.39, 0.29) is 0 Å². The smallest absolute Gasteiger partial charge is 0.187 e. The summed E-state index contributed by atoms with van der Waals surface area (Å²) >= 11 is 0. The molecule has 32 atom stereocenters. The Hall–Kier alpha value is -1.32. The average Bonchev–Trinajstić information content (AvgIpc) is 4.02. The number of hydrogen-bond donors (Lipinski definition) is 18. The molecule has 8 fully saturated rings. The van der Waals surface area contributed by atoms with Gasteiger partial charge in [0.05, 0.1) is 52.9 Å². The van der Waals surface area contributed by atoms with Crippen LogP contribution in [0.25, 0.3) is 0 Å². The quantitative estimate of drug-likeness (QED) is 0.0606. The third-order valence-corrected chi connectivity index (χ3v) is 13.8. The Morgan fingerprint density at radius 1 is 0.274 bits per heavy atom. The summed E-state index contributed by atoms with van der Waals surface area (Å²) in [5.41, 5.74) is 0. The van der Waals surface area contributed by atoms with Crippen LogP contribution in [-0.2, 0) is 71.1 Å². The molecule has 18 N–H and O–H groups in total. The molecular formula is C40H66O33. The third-order valence-electron chi connectivity index (χ3n) is 13.8. The summed E-state index contributed by atoms with van der Waals surface area (Å²) in [6.45, 7) is -5.94. The van der Waals surface area contributed by atoms with E-state index in [4.69, 9.17) is 71.1 Å². The van der Waals surface area contributed by atoms with Crippen molar-refractivity contribution in [2.45, 2.75) is 197 Å². The van der Waals surface area contributed by atoms with Crippen LogP contribution in [0.4, 0.5) is 0 Å². The predicted molar refractivity (Wildman–Crippen MR) is 216 cm³/mol. The molecular weight excluding hydrogens is 1010 g/mol. The molecule has 33 heteroatoms. The summed E-state index contributed by atoms with van der Waals surface area (Å²) in [6.07, 6.45) is -57.1. The summed E-state index contributed by atoms with van der Waals surface area (Å²) in [4.78, 5) is 0. The Labute approximate surface area is 412 Å². The maximum absolute atomic E-state index is 11.1. The van der Waals surface area contributed by atoms with Crippen molar-refractivity contribution in [3.63, 3.8) is 0 Å². The van der Waals surface area contributed by atoms with Crippen molar-refractivity contribution in [3.8, 4) is 0 Å². The zero-order valence-electron chi connectivity index (χ0n) is 38.3. The molecule has 0 spiro atoms. The van der Waals surface area contributed by atoms with Crippen LogP contribution in [0.3, 0.4) is 0 Å². The molecule has 0 radical (unpaired) electrons. The molecule has 0 aromatic heterocycles. The lowest BCUT2D eigenvalue weighted by Gasteiger charge is -2.49. The number of ether oxygens (including phenoxy) is 15. The van der Waals surface area contributed by atoms with E-state index in [9.17, 15) is 91.9 Å². The first-order valence-electron chi connectivity index (χ1n) is 23.4. The van der Waals surface area contributed by atoms with Crippen molar-refractivity contribution in [2.75, 3.05) is 52.9 Å². The molecule has 0 saturated carbocycles. The van der Waals surface area contributed by atoms with Gasteiger partial charge in [0.1, 0.15) is 146 Å². The second-order valence-corrected chi connectivity index (χ2v) is 18.6. The number of rotatable bonds is 18. The topological polar surface area (TPSA) is 503 Å². The lowest BCUT2D eigenvalue weighted by Crippen LogP contribution is -2.65. The van der Waals surface area contributed by atoms with E-state index in [0.717, 1.165) is 0 Å². The summed E-state index contributed by atoms with van der Waals surface area (Å²) < 4.78 is 88.6. The fraction of sp³-hybridized carbons (Fsp3) is 1.00. The molecule has 8 aliphatic heterocycles. The molecule has 0 bridgehead atoms. The SMILES string of the molecule is OC[C@@H]1O[C@@H](O[C@@H]2[C@@H](O[C@@H]3O[C@@H](CO)[C@H](O)[C@H]3O)[C@H](O[C@@H]3CO[C@@H](O[C@@H]4CO[C@@H](O)[C@H](O)[C@H]4O)[C@H](O[C@@H]4O[C@@H](CO)[C@H](O)[C@H]4O)[C@H]3O[C@@H]3O[C@@H](CO)[C@H](O)[C@H]3O)OC[C@H]2O[C@@H]2OC[C@@H](O)[C@H](O)[C@H]2O)[C@H](O)[C@H]1O. The van der Waals surface area contributed by atoms with Crippen LogP contribution in [0.2, 0.25) is 0 Å². The first-order valence-corrected chi connectivity index (χ1v) is 23.4. The zero-order chi connectivity index (χ0) is 52.7. The van der Waals surface area contributed by atoms with Gasteiger partial charge < -0.3 is 163 Å². The molecule has 33 nitrogen and oxygen atoms in total. The standard InChI is InChI=1S/C40H66O33/c41-1-10-18(47)25(54)35(63-10)70-29-15(68-34-24(53)17(46)9(45)5-60-34)7-62-40(32(29)73-38-28(57)21(50)13(4-44)66-38)69-16-8-61-39(67-14-6-59-33(58)23(52)22(14)51)31(72-37-27(56)20(49)12(3-43)65-37)30(16)71-36-26(55)19(48)11(2-42)64-36/h9-58H,1-8H2/t9-,10+,11+,12+,13+,14-,15-,16-,17+,18+,19+,20+,21+,22+,23-,24-,25-,26-,27-,28-,29+,30+,31-,32-,33-,34+,35+,36+,37+,38+,39+,40+/m1/s1. The highest BCUT2D eigenvalue weighted by Gasteiger charge is 2.59. The van der Waals surface area contributed by atoms with Crippen LogP contribution in [-0.4, -0.2) is 342 Å². The molecule has 0 unspecified atom stereocenters. The van der Waals surface area contributed by atoms with Gasteiger partial charge in [0, 0.05) is 0 Å². The Bertz CT molecular complexity index is 1600. The minimum absolute atomic E-state index is 0.560. The van der Waals surface area contributed by atoms with E-state index >= 15 is 0 Å². The number of hydrogen-bond acceptors (Lipinski definition) is 33. The van der Waals surface area contributed by atoms with Crippen molar-refractivity contribution in [1.29, 1.82) is 0 Å². The maximum atomic E-state index is 11.1. The van der Waals surface area contributed by atoms with Gasteiger partial charge in [-0.2, -0.15) is 0 Å². The minimum atomic E-state index is -1.96. The van der Waals surface area contributed by atoms with Crippen molar-refractivity contribution in [1.82, 2.24) is 0 Å². The fourth-order valence-corrected chi connectivity index (χ4v) is 9.42. The normalized spacial score (nSPS) is 53.8. The van der Waals surface area contributed by atoms with Crippen molar-refractivity contribution >= 4 is 0 Å². The molecule has 8 heterocycles. The Morgan fingerprint density at radius 3 is 0.959 bits per heavy atom. The van der Waals surface area contributed by atoms with Crippen LogP contribution in [0.15, 0.2) is 0 Å². The van der Waals surface area contributed by atoms with Crippen molar-refractivity contribution < 1.29 is 163 Å². The molecule has 73 heavy (non-hydrogen) atoms. The second kappa shape index (κ2) is 24.8.